The molecule has 0 saturated heterocycles. The van der Waals surface area contributed by atoms with Crippen LogP contribution < -0.4 is 4.31 Å². The van der Waals surface area contributed by atoms with E-state index in [1.807, 2.05) is 6.07 Å². The van der Waals surface area contributed by atoms with Gasteiger partial charge in [-0.2, -0.15) is 31.6 Å². The number of halogens is 7. The van der Waals surface area contributed by atoms with E-state index in [0.29, 0.717) is 0 Å². The molecule has 196 valence electrons. The highest BCUT2D eigenvalue weighted by Gasteiger charge is 2.57. The molecule has 0 saturated carbocycles. The van der Waals surface area contributed by atoms with Crippen LogP contribution in [0.4, 0.5) is 36.4 Å². The molecule has 1 aliphatic heterocycles. The molecule has 2 atom stereocenters. The highest BCUT2D eigenvalue weighted by atomic mass is 32.2. The second-order valence-electron chi connectivity index (χ2n) is 8.25. The predicted octanol–water partition coefficient (Wildman–Crippen LogP) is 5.57. The van der Waals surface area contributed by atoms with E-state index < -0.39 is 46.7 Å². The highest BCUT2D eigenvalue weighted by Crippen LogP contribution is 2.48. The van der Waals surface area contributed by atoms with Crippen LogP contribution >= 0.6 is 0 Å². The van der Waals surface area contributed by atoms with E-state index in [1.54, 1.807) is 0 Å². The molecule has 0 aliphatic carbocycles. The minimum atomic E-state index is -5.56. The normalized spacial score (nSPS) is 16.9. The zero-order valence-corrected chi connectivity index (χ0v) is 19.5. The summed E-state index contributed by atoms with van der Waals surface area (Å²) in [7, 11) is -2.01. The van der Waals surface area contributed by atoms with Gasteiger partial charge in [-0.3, -0.25) is 4.31 Å². The molecule has 0 spiro atoms. The van der Waals surface area contributed by atoms with Crippen molar-refractivity contribution in [2.24, 2.45) is 0 Å². The van der Waals surface area contributed by atoms with Gasteiger partial charge in [0.1, 0.15) is 12.2 Å². The fraction of sp³-hybridized carbons (Fsp3) is 0.348. The van der Waals surface area contributed by atoms with Gasteiger partial charge in [-0.05, 0) is 54.3 Å². The maximum atomic E-state index is 13.6. The van der Waals surface area contributed by atoms with E-state index in [-0.39, 0.29) is 53.6 Å². The SMILES string of the molecule is N#CCc1nnc(C[C@@H]2CCc3cc(C(C(F)(F)F)C(F)(F)F)ccc3N2S(=O)c2ccc(F)cc2)o1. The van der Waals surface area contributed by atoms with E-state index in [9.17, 15) is 34.9 Å². The fourth-order valence-corrected chi connectivity index (χ4v) is 5.59. The lowest BCUT2D eigenvalue weighted by atomic mass is 9.90. The molecule has 1 unspecified atom stereocenters. The lowest BCUT2D eigenvalue weighted by molar-refractivity contribution is -0.253. The zero-order chi connectivity index (χ0) is 27.0. The molecule has 0 fully saturated rings. The first-order valence-electron chi connectivity index (χ1n) is 10.8. The Morgan fingerprint density at radius 2 is 1.70 bits per heavy atom. The average Bonchev–Trinajstić information content (AvgIpc) is 3.24. The van der Waals surface area contributed by atoms with Gasteiger partial charge >= 0.3 is 12.4 Å². The molecule has 2 heterocycles. The van der Waals surface area contributed by atoms with Crippen LogP contribution in [-0.4, -0.2) is 32.8 Å². The number of rotatable bonds is 6. The second kappa shape index (κ2) is 10.1. The van der Waals surface area contributed by atoms with Crippen LogP contribution in [0.5, 0.6) is 0 Å². The Balaban J connectivity index is 1.75. The number of benzene rings is 2. The van der Waals surface area contributed by atoms with Crippen LogP contribution in [-0.2, 0) is 30.2 Å². The summed E-state index contributed by atoms with van der Waals surface area (Å²) in [6.45, 7) is 0. The summed E-state index contributed by atoms with van der Waals surface area (Å²) < 4.78 is 114. The average molecular weight is 546 g/mol. The van der Waals surface area contributed by atoms with E-state index >= 15 is 0 Å². The van der Waals surface area contributed by atoms with Gasteiger partial charge in [0.25, 0.3) is 0 Å². The van der Waals surface area contributed by atoms with Crippen molar-refractivity contribution in [2.75, 3.05) is 4.31 Å². The monoisotopic (exact) mass is 546 g/mol. The first kappa shape index (κ1) is 26.6. The largest absolute Gasteiger partial charge is 0.424 e. The summed E-state index contributed by atoms with van der Waals surface area (Å²) in [5.41, 5.74) is -0.649. The summed E-state index contributed by atoms with van der Waals surface area (Å²) in [6, 6.07) is 8.59. The third-order valence-corrected chi connectivity index (χ3v) is 7.28. The molecule has 0 radical (unpaired) electrons. The van der Waals surface area contributed by atoms with E-state index in [2.05, 4.69) is 10.2 Å². The van der Waals surface area contributed by atoms with Crippen LogP contribution in [0.1, 0.15) is 35.2 Å². The van der Waals surface area contributed by atoms with Crippen molar-refractivity contribution in [3.8, 4) is 6.07 Å². The van der Waals surface area contributed by atoms with Gasteiger partial charge in [0.15, 0.2) is 16.9 Å². The number of anilines is 1. The van der Waals surface area contributed by atoms with Gasteiger partial charge in [-0.1, -0.05) is 12.1 Å². The standard InChI is InChI=1S/C23H17F7N4O2S/c24-15-3-6-17(7-4-15)37(35)34-16(12-20-33-32-19(36-20)9-10-31)5-1-13-11-14(2-8-18(13)34)21(22(25,26)27)23(28,29)30/h2-4,6-8,11,16,21H,1,5,9,12H2/t16-,37?/m0/s1. The molecular formula is C23H17F7N4O2S. The van der Waals surface area contributed by atoms with Crippen LogP contribution in [0.15, 0.2) is 51.8 Å². The number of nitriles is 1. The van der Waals surface area contributed by atoms with Crippen LogP contribution in [0.25, 0.3) is 0 Å². The maximum Gasteiger partial charge on any atom is 0.404 e. The predicted molar refractivity (Wildman–Crippen MR) is 116 cm³/mol. The number of aromatic nitrogens is 2. The molecule has 2 aromatic carbocycles. The molecule has 37 heavy (non-hydrogen) atoms. The summed E-state index contributed by atoms with van der Waals surface area (Å²) >= 11 is 0. The van der Waals surface area contributed by atoms with Gasteiger partial charge < -0.3 is 4.42 Å². The Labute approximate surface area is 208 Å². The van der Waals surface area contributed by atoms with Crippen molar-refractivity contribution in [2.45, 2.75) is 54.9 Å². The molecule has 14 heteroatoms. The Morgan fingerprint density at radius 3 is 2.32 bits per heavy atom. The molecule has 0 amide bonds. The Bertz CT molecular complexity index is 1320. The van der Waals surface area contributed by atoms with Crippen molar-refractivity contribution >= 4 is 16.7 Å². The summed E-state index contributed by atoms with van der Waals surface area (Å²) in [6.07, 6.45) is -10.9. The van der Waals surface area contributed by atoms with Gasteiger partial charge in [0.05, 0.1) is 22.7 Å². The zero-order valence-electron chi connectivity index (χ0n) is 18.7. The minimum absolute atomic E-state index is 0.0419. The molecule has 3 aromatic rings. The van der Waals surface area contributed by atoms with Crippen molar-refractivity contribution in [3.63, 3.8) is 0 Å². The van der Waals surface area contributed by atoms with E-state index in [4.69, 9.17) is 9.68 Å². The van der Waals surface area contributed by atoms with Gasteiger partial charge in [0.2, 0.25) is 11.8 Å². The van der Waals surface area contributed by atoms with Crippen molar-refractivity contribution in [1.82, 2.24) is 10.2 Å². The first-order chi connectivity index (χ1) is 17.4. The molecular weight excluding hydrogens is 529 g/mol. The van der Waals surface area contributed by atoms with Crippen LogP contribution in [0.3, 0.4) is 0 Å². The number of hydrogen-bond donors (Lipinski definition) is 0. The Kier molecular flexibility index (Phi) is 7.27. The molecule has 1 aliphatic rings. The molecule has 0 N–H and O–H groups in total. The third kappa shape index (κ3) is 5.76. The smallest absolute Gasteiger partial charge is 0.404 e. The lowest BCUT2D eigenvalue weighted by Crippen LogP contribution is -2.42. The van der Waals surface area contributed by atoms with Gasteiger partial charge in [0, 0.05) is 6.42 Å². The fourth-order valence-electron chi connectivity index (χ4n) is 4.19. The van der Waals surface area contributed by atoms with E-state index in [0.717, 1.165) is 30.3 Å². The quantitative estimate of drug-likeness (QED) is 0.378. The summed E-state index contributed by atoms with van der Waals surface area (Å²) in [5, 5.41) is 16.4. The maximum absolute atomic E-state index is 13.6. The minimum Gasteiger partial charge on any atom is -0.424 e. The van der Waals surface area contributed by atoms with Crippen molar-refractivity contribution in [3.05, 3.63) is 71.2 Å². The number of alkyl halides is 6. The molecule has 0 bridgehead atoms. The van der Waals surface area contributed by atoms with Gasteiger partial charge in [-0.15, -0.1) is 10.2 Å². The lowest BCUT2D eigenvalue weighted by Gasteiger charge is -2.37. The number of fused-ring (bicyclic) bond motifs is 1. The Hall–Kier alpha value is -3.47. The number of nitrogens with zero attached hydrogens (tertiary/aromatic N) is 4. The highest BCUT2D eigenvalue weighted by molar-refractivity contribution is 7.86. The Morgan fingerprint density at radius 1 is 1.05 bits per heavy atom. The molecule has 6 nitrogen and oxygen atoms in total. The number of aryl methyl sites for hydroxylation is 1. The topological polar surface area (TPSA) is 83.0 Å². The molecule has 1 aromatic heterocycles. The number of hydrogen-bond acceptors (Lipinski definition) is 5. The summed E-state index contributed by atoms with van der Waals surface area (Å²) in [4.78, 5) is 0.169. The van der Waals surface area contributed by atoms with Gasteiger partial charge in [-0.25, -0.2) is 8.60 Å². The second-order valence-corrected chi connectivity index (χ2v) is 9.62. The van der Waals surface area contributed by atoms with Crippen LogP contribution in [0.2, 0.25) is 0 Å². The molecule has 4 rings (SSSR count). The van der Waals surface area contributed by atoms with Crippen LogP contribution in [0, 0.1) is 17.1 Å². The van der Waals surface area contributed by atoms with E-state index in [1.165, 1.54) is 16.4 Å². The van der Waals surface area contributed by atoms with Crippen molar-refractivity contribution in [1.29, 1.82) is 5.26 Å². The first-order valence-corrected chi connectivity index (χ1v) is 11.9. The third-order valence-electron chi connectivity index (χ3n) is 5.75. The van der Waals surface area contributed by atoms with Crippen molar-refractivity contribution < 1.29 is 39.4 Å². The summed E-state index contributed by atoms with van der Waals surface area (Å²) in [5.74, 6) is -4.07.